The van der Waals surface area contributed by atoms with Crippen molar-refractivity contribution in [3.05, 3.63) is 41.7 Å². The van der Waals surface area contributed by atoms with E-state index in [0.29, 0.717) is 13.0 Å². The first-order chi connectivity index (χ1) is 9.99. The Morgan fingerprint density at radius 2 is 2.24 bits per heavy atom. The van der Waals surface area contributed by atoms with Crippen LogP contribution < -0.4 is 10.4 Å². The van der Waals surface area contributed by atoms with E-state index in [1.165, 1.54) is 0 Å². The van der Waals surface area contributed by atoms with E-state index < -0.39 is 17.8 Å². The number of allylic oxidation sites excluding steroid dienone is 2. The zero-order valence-corrected chi connectivity index (χ0v) is 12.2. The fraction of sp³-hybridized carbons (Fsp3) is 0.438. The molecule has 5 nitrogen and oxygen atoms in total. The second kappa shape index (κ2) is 6.52. The van der Waals surface area contributed by atoms with E-state index in [9.17, 15) is 14.7 Å². The third kappa shape index (κ3) is 3.68. The van der Waals surface area contributed by atoms with Crippen molar-refractivity contribution >= 4 is 11.9 Å². The van der Waals surface area contributed by atoms with E-state index in [-0.39, 0.29) is 11.8 Å². The molecule has 21 heavy (non-hydrogen) atoms. The molecule has 0 fully saturated rings. The van der Waals surface area contributed by atoms with Crippen LogP contribution in [0.15, 0.2) is 36.2 Å². The van der Waals surface area contributed by atoms with Gasteiger partial charge in [0.2, 0.25) is 5.91 Å². The van der Waals surface area contributed by atoms with Crippen LogP contribution in [0.2, 0.25) is 0 Å². The first-order valence-corrected chi connectivity index (χ1v) is 7.04. The Morgan fingerprint density at radius 1 is 1.48 bits per heavy atom. The van der Waals surface area contributed by atoms with Crippen LogP contribution in [0.1, 0.15) is 25.8 Å². The summed E-state index contributed by atoms with van der Waals surface area (Å²) in [5.41, 5.74) is 1.92. The quantitative estimate of drug-likeness (QED) is 0.825. The molecule has 1 aliphatic rings. The van der Waals surface area contributed by atoms with E-state index in [0.717, 1.165) is 11.1 Å². The van der Waals surface area contributed by atoms with Gasteiger partial charge >= 0.3 is 0 Å². The second-order valence-corrected chi connectivity index (χ2v) is 5.61. The molecule has 1 heterocycles. The van der Waals surface area contributed by atoms with Gasteiger partial charge in [-0.15, -0.1) is 0 Å². The number of rotatable bonds is 4. The van der Waals surface area contributed by atoms with Crippen molar-refractivity contribution in [1.82, 2.24) is 10.3 Å². The molecule has 0 unspecified atom stereocenters. The lowest BCUT2D eigenvalue weighted by atomic mass is 9.73. The maximum Gasteiger partial charge on any atom is 0.224 e. The summed E-state index contributed by atoms with van der Waals surface area (Å²) in [7, 11) is 0. The van der Waals surface area contributed by atoms with E-state index in [1.54, 1.807) is 18.5 Å². The zero-order valence-electron chi connectivity index (χ0n) is 12.2. The predicted octanol–water partition coefficient (Wildman–Crippen LogP) is 0.666. The number of hydrogen-bond acceptors (Lipinski definition) is 4. The second-order valence-electron chi connectivity index (χ2n) is 5.61. The predicted molar refractivity (Wildman–Crippen MR) is 75.6 cm³/mol. The molecule has 3 atom stereocenters. The Kier molecular flexibility index (Phi) is 4.73. The van der Waals surface area contributed by atoms with Crippen molar-refractivity contribution in [2.24, 2.45) is 17.8 Å². The van der Waals surface area contributed by atoms with Gasteiger partial charge < -0.3 is 15.2 Å². The highest BCUT2D eigenvalue weighted by atomic mass is 16.4. The Hall–Kier alpha value is -2.17. The van der Waals surface area contributed by atoms with Crippen LogP contribution in [-0.2, 0) is 16.1 Å². The zero-order chi connectivity index (χ0) is 15.4. The smallest absolute Gasteiger partial charge is 0.224 e. The molecular formula is C16H19N2O3-. The number of carbonyl (C=O) groups excluding carboxylic acids is 2. The molecule has 0 radical (unpaired) electrons. The molecule has 1 amide bonds. The van der Waals surface area contributed by atoms with Crippen molar-refractivity contribution < 1.29 is 14.7 Å². The lowest BCUT2D eigenvalue weighted by Gasteiger charge is -2.34. The normalized spacial score (nSPS) is 25.0. The van der Waals surface area contributed by atoms with Gasteiger partial charge in [-0.25, -0.2) is 0 Å². The Morgan fingerprint density at radius 3 is 2.86 bits per heavy atom. The number of nitrogens with one attached hydrogen (secondary N) is 1. The van der Waals surface area contributed by atoms with E-state index in [4.69, 9.17) is 0 Å². The standard InChI is InChI=1S/C16H20N2O3/c1-10-6-11(2)14(16(20)21)13(7-10)15(19)18-9-12-4-3-5-17-8-12/h3-6,8,11,13-14H,7,9H2,1-2H3,(H,18,19)(H,20,21)/p-1/t11-,13-,14-/m1/s1. The summed E-state index contributed by atoms with van der Waals surface area (Å²) >= 11 is 0. The molecule has 5 heteroatoms. The average molecular weight is 287 g/mol. The van der Waals surface area contributed by atoms with Gasteiger partial charge in [-0.05, 0) is 30.9 Å². The van der Waals surface area contributed by atoms with Crippen molar-refractivity contribution in [1.29, 1.82) is 0 Å². The number of amides is 1. The summed E-state index contributed by atoms with van der Waals surface area (Å²) < 4.78 is 0. The number of hydrogen-bond donors (Lipinski definition) is 1. The topological polar surface area (TPSA) is 82.1 Å². The van der Waals surface area contributed by atoms with Crippen molar-refractivity contribution in [2.45, 2.75) is 26.8 Å². The molecule has 0 spiro atoms. The molecule has 1 aliphatic carbocycles. The number of carboxylic acids is 1. The third-order valence-electron chi connectivity index (χ3n) is 3.89. The van der Waals surface area contributed by atoms with Crippen molar-refractivity contribution in [2.75, 3.05) is 0 Å². The van der Waals surface area contributed by atoms with Gasteiger partial charge in [0.1, 0.15) is 0 Å². The van der Waals surface area contributed by atoms with Gasteiger partial charge in [-0.3, -0.25) is 9.78 Å². The molecular weight excluding hydrogens is 268 g/mol. The van der Waals surface area contributed by atoms with Crippen LogP contribution >= 0.6 is 0 Å². The summed E-state index contributed by atoms with van der Waals surface area (Å²) in [6.45, 7) is 4.08. The number of pyridine rings is 1. The molecule has 0 saturated heterocycles. The largest absolute Gasteiger partial charge is 0.550 e. The maximum atomic E-state index is 12.3. The number of carbonyl (C=O) groups is 2. The number of carboxylic acid groups (broad SMARTS) is 1. The van der Waals surface area contributed by atoms with Crippen LogP contribution in [0.5, 0.6) is 0 Å². The van der Waals surface area contributed by atoms with E-state index >= 15 is 0 Å². The van der Waals surface area contributed by atoms with Crippen LogP contribution in [0, 0.1) is 17.8 Å². The van der Waals surface area contributed by atoms with Gasteiger partial charge in [0.25, 0.3) is 0 Å². The maximum absolute atomic E-state index is 12.3. The van der Waals surface area contributed by atoms with Gasteiger partial charge in [0.05, 0.1) is 5.92 Å². The minimum Gasteiger partial charge on any atom is -0.550 e. The SMILES string of the molecule is CC1=C[C@@H](C)[C@@H](C(=O)[O-])[C@H](C(=O)NCc2cccnc2)C1. The highest BCUT2D eigenvalue weighted by Crippen LogP contribution is 2.33. The molecule has 1 N–H and O–H groups in total. The monoisotopic (exact) mass is 287 g/mol. The summed E-state index contributed by atoms with van der Waals surface area (Å²) in [4.78, 5) is 27.6. The van der Waals surface area contributed by atoms with Crippen LogP contribution in [0.4, 0.5) is 0 Å². The minimum absolute atomic E-state index is 0.196. The molecule has 0 aromatic carbocycles. The van der Waals surface area contributed by atoms with Crippen molar-refractivity contribution in [3.63, 3.8) is 0 Å². The first kappa shape index (κ1) is 15.2. The van der Waals surface area contributed by atoms with Gasteiger partial charge in [-0.1, -0.05) is 24.6 Å². The summed E-state index contributed by atoms with van der Waals surface area (Å²) in [5.74, 6) is -2.95. The number of nitrogens with zero attached hydrogens (tertiary/aromatic N) is 1. The molecule has 1 aromatic rings. The van der Waals surface area contributed by atoms with E-state index in [1.807, 2.05) is 26.0 Å². The van der Waals surface area contributed by atoms with Crippen LogP contribution in [0.25, 0.3) is 0 Å². The van der Waals surface area contributed by atoms with Crippen LogP contribution in [-0.4, -0.2) is 16.9 Å². The Bertz CT molecular complexity index is 554. The third-order valence-corrected chi connectivity index (χ3v) is 3.89. The molecule has 112 valence electrons. The molecule has 0 bridgehead atoms. The highest BCUT2D eigenvalue weighted by molar-refractivity contribution is 5.85. The van der Waals surface area contributed by atoms with Crippen molar-refractivity contribution in [3.8, 4) is 0 Å². The molecule has 2 rings (SSSR count). The van der Waals surface area contributed by atoms with Gasteiger partial charge in [-0.2, -0.15) is 0 Å². The summed E-state index contributed by atoms with van der Waals surface area (Å²) in [6, 6.07) is 3.65. The lowest BCUT2D eigenvalue weighted by Crippen LogP contribution is -2.47. The summed E-state index contributed by atoms with van der Waals surface area (Å²) in [5, 5.41) is 14.1. The Labute approximate surface area is 124 Å². The molecule has 1 aromatic heterocycles. The van der Waals surface area contributed by atoms with Gasteiger partial charge in [0, 0.05) is 30.8 Å². The molecule has 0 aliphatic heterocycles. The minimum atomic E-state index is -1.16. The van der Waals surface area contributed by atoms with Crippen LogP contribution in [0.3, 0.4) is 0 Å². The van der Waals surface area contributed by atoms with E-state index in [2.05, 4.69) is 10.3 Å². The fourth-order valence-corrected chi connectivity index (χ4v) is 2.92. The van der Waals surface area contributed by atoms with Gasteiger partial charge in [0.15, 0.2) is 0 Å². The molecule has 0 saturated carbocycles. The Balaban J connectivity index is 2.06. The average Bonchev–Trinajstić information content (AvgIpc) is 2.44. The fourth-order valence-electron chi connectivity index (χ4n) is 2.92. The summed E-state index contributed by atoms with van der Waals surface area (Å²) in [6.07, 6.45) is 5.70. The number of aliphatic carboxylic acids is 1. The first-order valence-electron chi connectivity index (χ1n) is 7.04. The lowest BCUT2D eigenvalue weighted by molar-refractivity contribution is -0.314. The number of aromatic nitrogens is 1. The highest BCUT2D eigenvalue weighted by Gasteiger charge is 2.35.